The van der Waals surface area contributed by atoms with E-state index in [-0.39, 0.29) is 0 Å². The Labute approximate surface area is 292 Å². The lowest BCUT2D eigenvalue weighted by atomic mass is 9.76. The minimum absolute atomic E-state index is 1.04. The van der Waals surface area contributed by atoms with Gasteiger partial charge in [-0.25, -0.2) is 0 Å². The van der Waals surface area contributed by atoms with E-state index in [1.54, 1.807) is 0 Å². The van der Waals surface area contributed by atoms with E-state index >= 15 is 0 Å². The van der Waals surface area contributed by atoms with E-state index in [0.29, 0.717) is 0 Å². The second kappa shape index (κ2) is 10.8. The van der Waals surface area contributed by atoms with E-state index in [9.17, 15) is 0 Å². The van der Waals surface area contributed by atoms with E-state index in [0.717, 1.165) is 25.7 Å². The van der Waals surface area contributed by atoms with Crippen molar-refractivity contribution in [2.45, 2.75) is 25.7 Å². The van der Waals surface area contributed by atoms with Crippen LogP contribution in [0.3, 0.4) is 0 Å². The molecule has 0 unspecified atom stereocenters. The first-order chi connectivity index (χ1) is 24.8. The predicted octanol–water partition coefficient (Wildman–Crippen LogP) is 13.2. The molecule has 0 saturated heterocycles. The van der Waals surface area contributed by atoms with Crippen LogP contribution in [0.5, 0.6) is 0 Å². The van der Waals surface area contributed by atoms with Crippen molar-refractivity contribution in [2.24, 2.45) is 0 Å². The molecule has 9 aromatic rings. The van der Waals surface area contributed by atoms with Crippen LogP contribution in [0.4, 0.5) is 0 Å². The molecule has 2 aliphatic rings. The van der Waals surface area contributed by atoms with Gasteiger partial charge in [0.1, 0.15) is 0 Å². The molecule has 0 aliphatic heterocycles. The summed E-state index contributed by atoms with van der Waals surface area (Å²) >= 11 is 0. The van der Waals surface area contributed by atoms with Gasteiger partial charge in [-0.3, -0.25) is 0 Å². The summed E-state index contributed by atoms with van der Waals surface area (Å²) < 4.78 is 0. The third-order valence-electron chi connectivity index (χ3n) is 11.6. The van der Waals surface area contributed by atoms with Crippen molar-refractivity contribution in [3.05, 3.63) is 180 Å². The molecule has 0 aromatic heterocycles. The van der Waals surface area contributed by atoms with Gasteiger partial charge in [-0.05, 0) is 148 Å². The zero-order chi connectivity index (χ0) is 32.8. The first-order valence-corrected chi connectivity index (χ1v) is 18.0. The van der Waals surface area contributed by atoms with Gasteiger partial charge in [0, 0.05) is 0 Å². The predicted molar refractivity (Wildman–Crippen MR) is 213 cm³/mol. The van der Waals surface area contributed by atoms with Crippen molar-refractivity contribution in [3.63, 3.8) is 0 Å². The highest BCUT2D eigenvalue weighted by Gasteiger charge is 2.27. The number of fused-ring (bicyclic) bond motifs is 12. The average Bonchev–Trinajstić information content (AvgIpc) is 3.19. The number of benzene rings is 9. The van der Waals surface area contributed by atoms with E-state index in [4.69, 9.17) is 0 Å². The highest BCUT2D eigenvalue weighted by atomic mass is 14.3. The molecule has 0 amide bonds. The standard InChI is InChI=1S/C50H34/c1-4-16-35-31(13-1)25-26-34-30-45(38-19-7-8-20-39(38)47(34)35)49-40-21-9-11-23-42(40)50(43-24-12-10-22-41(43)49)46-29-33-15-3-6-18-37(33)48-36-17-5-2-14-32(36)27-28-44(46)48/h1-24,29-30H,25-28H2. The number of aryl methyl sites for hydroxylation is 3. The Bertz CT molecular complexity index is 2810. The van der Waals surface area contributed by atoms with E-state index < -0.39 is 0 Å². The third kappa shape index (κ3) is 3.94. The molecule has 234 valence electrons. The lowest BCUT2D eigenvalue weighted by Gasteiger charge is -2.27. The van der Waals surface area contributed by atoms with Gasteiger partial charge in [0.2, 0.25) is 0 Å². The Balaban J connectivity index is 1.27. The maximum atomic E-state index is 2.54. The van der Waals surface area contributed by atoms with Gasteiger partial charge in [-0.1, -0.05) is 146 Å². The molecule has 0 fully saturated rings. The smallest absolute Gasteiger partial charge is 0.00200 e. The van der Waals surface area contributed by atoms with Gasteiger partial charge in [0.15, 0.2) is 0 Å². The van der Waals surface area contributed by atoms with Crippen LogP contribution >= 0.6 is 0 Å². The fourth-order valence-corrected chi connectivity index (χ4v) is 9.54. The van der Waals surface area contributed by atoms with Crippen molar-refractivity contribution in [2.75, 3.05) is 0 Å². The molecule has 0 atom stereocenters. The summed E-state index contributed by atoms with van der Waals surface area (Å²) in [7, 11) is 0. The Morgan fingerprint density at radius 2 is 0.700 bits per heavy atom. The minimum atomic E-state index is 1.04. The van der Waals surface area contributed by atoms with Gasteiger partial charge >= 0.3 is 0 Å². The molecule has 0 bridgehead atoms. The van der Waals surface area contributed by atoms with Gasteiger partial charge < -0.3 is 0 Å². The van der Waals surface area contributed by atoms with Crippen molar-refractivity contribution >= 4 is 43.1 Å². The Kier molecular flexibility index (Phi) is 6.01. The van der Waals surface area contributed by atoms with E-state index in [1.807, 2.05) is 0 Å². The molecule has 2 aliphatic carbocycles. The normalized spacial score (nSPS) is 13.3. The van der Waals surface area contributed by atoms with Crippen molar-refractivity contribution in [1.82, 2.24) is 0 Å². The van der Waals surface area contributed by atoms with Crippen LogP contribution in [-0.4, -0.2) is 0 Å². The fourth-order valence-electron chi connectivity index (χ4n) is 9.54. The summed E-state index contributed by atoms with van der Waals surface area (Å²) in [5.74, 6) is 0. The molecular weight excluding hydrogens is 601 g/mol. The molecule has 0 saturated carbocycles. The van der Waals surface area contributed by atoms with E-state index in [1.165, 1.54) is 110 Å². The van der Waals surface area contributed by atoms with Crippen LogP contribution in [0.25, 0.3) is 87.6 Å². The maximum absolute atomic E-state index is 2.54. The van der Waals surface area contributed by atoms with Gasteiger partial charge in [0.05, 0.1) is 0 Å². The van der Waals surface area contributed by atoms with Gasteiger partial charge in [-0.2, -0.15) is 0 Å². The summed E-state index contributed by atoms with van der Waals surface area (Å²) in [6.45, 7) is 0. The summed E-state index contributed by atoms with van der Waals surface area (Å²) in [4.78, 5) is 0. The molecule has 0 heteroatoms. The molecule has 0 spiro atoms. The van der Waals surface area contributed by atoms with Crippen LogP contribution < -0.4 is 0 Å². The molecule has 9 aromatic carbocycles. The number of hydrogen-bond donors (Lipinski definition) is 0. The van der Waals surface area contributed by atoms with Crippen LogP contribution in [0.15, 0.2) is 158 Å². The average molecular weight is 635 g/mol. The van der Waals surface area contributed by atoms with Crippen LogP contribution in [-0.2, 0) is 25.7 Å². The van der Waals surface area contributed by atoms with Gasteiger partial charge in [-0.15, -0.1) is 0 Å². The second-order valence-electron chi connectivity index (χ2n) is 14.2. The van der Waals surface area contributed by atoms with Crippen molar-refractivity contribution in [1.29, 1.82) is 0 Å². The van der Waals surface area contributed by atoms with Gasteiger partial charge in [0.25, 0.3) is 0 Å². The zero-order valence-electron chi connectivity index (χ0n) is 27.8. The lowest BCUT2D eigenvalue weighted by Crippen LogP contribution is -2.07. The largest absolute Gasteiger partial charge is 0.0620 e. The van der Waals surface area contributed by atoms with Crippen LogP contribution in [0, 0.1) is 0 Å². The zero-order valence-corrected chi connectivity index (χ0v) is 27.8. The third-order valence-corrected chi connectivity index (χ3v) is 11.6. The Morgan fingerprint density at radius 3 is 1.34 bits per heavy atom. The molecule has 0 heterocycles. The summed E-state index contributed by atoms with van der Waals surface area (Å²) in [5.41, 5.74) is 16.9. The van der Waals surface area contributed by atoms with E-state index in [2.05, 4.69) is 158 Å². The maximum Gasteiger partial charge on any atom is -0.00200 e. The SMILES string of the molecule is c1ccc2c(c1)CCc1c(-c3c4ccccc4c(-c4cc5c(c6ccccc46)-c4ccccc4CC5)c4ccccc34)cc3ccccc3c1-2. The highest BCUT2D eigenvalue weighted by molar-refractivity contribution is 6.25. The summed E-state index contributed by atoms with van der Waals surface area (Å²) in [5, 5.41) is 10.6. The monoisotopic (exact) mass is 634 g/mol. The molecule has 50 heavy (non-hydrogen) atoms. The first kappa shape index (κ1) is 27.9. The highest BCUT2D eigenvalue weighted by Crippen LogP contribution is 2.51. The first-order valence-electron chi connectivity index (χ1n) is 18.0. The molecular formula is C50H34. The molecule has 11 rings (SSSR count). The molecule has 0 nitrogen and oxygen atoms in total. The quantitative estimate of drug-likeness (QED) is 0.166. The minimum Gasteiger partial charge on any atom is -0.0620 e. The summed E-state index contributed by atoms with van der Waals surface area (Å²) in [6, 6.07) is 59.6. The summed E-state index contributed by atoms with van der Waals surface area (Å²) in [6.07, 6.45) is 4.24. The topological polar surface area (TPSA) is 0 Å². The van der Waals surface area contributed by atoms with Crippen molar-refractivity contribution in [3.8, 4) is 44.5 Å². The Hall–Kier alpha value is -5.98. The van der Waals surface area contributed by atoms with Crippen LogP contribution in [0.1, 0.15) is 22.3 Å². The van der Waals surface area contributed by atoms with Crippen LogP contribution in [0.2, 0.25) is 0 Å². The number of hydrogen-bond acceptors (Lipinski definition) is 0. The molecule has 0 N–H and O–H groups in total. The molecule has 0 radical (unpaired) electrons. The lowest BCUT2D eigenvalue weighted by molar-refractivity contribution is 0.945. The van der Waals surface area contributed by atoms with Crippen molar-refractivity contribution < 1.29 is 0 Å². The Morgan fingerprint density at radius 1 is 0.260 bits per heavy atom. The second-order valence-corrected chi connectivity index (χ2v) is 14.2. The number of rotatable bonds is 2. The fraction of sp³-hybridized carbons (Fsp3) is 0.0800.